The van der Waals surface area contributed by atoms with E-state index in [-0.39, 0.29) is 11.3 Å². The minimum Gasteiger partial charge on any atom is -0.364 e. The lowest BCUT2D eigenvalue weighted by Crippen LogP contribution is -2.51. The van der Waals surface area contributed by atoms with Crippen LogP contribution in [0.25, 0.3) is 0 Å². The summed E-state index contributed by atoms with van der Waals surface area (Å²) in [5.41, 5.74) is 0.919. The summed E-state index contributed by atoms with van der Waals surface area (Å²) in [6, 6.07) is 1.85. The molecule has 1 N–H and O–H groups in total. The molecule has 0 aromatic carbocycles. The van der Waals surface area contributed by atoms with E-state index in [0.29, 0.717) is 17.5 Å². The van der Waals surface area contributed by atoms with Gasteiger partial charge in [-0.1, -0.05) is 6.92 Å². The summed E-state index contributed by atoms with van der Waals surface area (Å²) in [6.45, 7) is 4.93. The molecule has 114 valence electrons. The summed E-state index contributed by atoms with van der Waals surface area (Å²) >= 11 is 0. The van der Waals surface area contributed by atoms with Crippen LogP contribution in [0.15, 0.2) is 17.1 Å². The van der Waals surface area contributed by atoms with Gasteiger partial charge >= 0.3 is 0 Å². The molecular formula is C17H24N2O2. The summed E-state index contributed by atoms with van der Waals surface area (Å²) in [6.07, 6.45) is 7.36. The molecule has 21 heavy (non-hydrogen) atoms. The van der Waals surface area contributed by atoms with Crippen LogP contribution in [0, 0.1) is 18.8 Å². The number of carbonyl (C=O) groups excluding carboxylic acids is 1. The molecule has 4 heteroatoms. The molecule has 0 bridgehead atoms. The number of aryl methyl sites for hydroxylation is 1. The predicted molar refractivity (Wildman–Crippen MR) is 82.4 cm³/mol. The zero-order valence-electron chi connectivity index (χ0n) is 12.9. The molecule has 1 saturated carbocycles. The first kappa shape index (κ1) is 14.4. The first-order valence-electron chi connectivity index (χ1n) is 8.06. The number of amides is 1. The van der Waals surface area contributed by atoms with Crippen molar-refractivity contribution in [2.75, 3.05) is 6.54 Å². The Balaban J connectivity index is 1.85. The van der Waals surface area contributed by atoms with Crippen molar-refractivity contribution in [2.24, 2.45) is 11.8 Å². The number of hydrogen-bond donors (Lipinski definition) is 1. The van der Waals surface area contributed by atoms with E-state index in [1.165, 1.54) is 25.3 Å². The van der Waals surface area contributed by atoms with Gasteiger partial charge in [0.25, 0.3) is 5.91 Å². The fraction of sp³-hybridized carbons (Fsp3) is 0.647. The van der Waals surface area contributed by atoms with Crippen molar-refractivity contribution in [1.29, 1.82) is 0 Å². The molecule has 1 aromatic rings. The van der Waals surface area contributed by atoms with Gasteiger partial charge in [0.15, 0.2) is 5.43 Å². The molecule has 4 nitrogen and oxygen atoms in total. The Morgan fingerprint density at radius 3 is 2.90 bits per heavy atom. The van der Waals surface area contributed by atoms with Crippen LogP contribution in [0.3, 0.4) is 0 Å². The zero-order chi connectivity index (χ0) is 15.0. The Morgan fingerprint density at radius 2 is 2.14 bits per heavy atom. The number of likely N-dealkylation sites (tertiary alicyclic amines) is 1. The van der Waals surface area contributed by atoms with Crippen molar-refractivity contribution in [3.05, 3.63) is 33.7 Å². The number of H-pyrrole nitrogens is 1. The molecule has 0 unspecified atom stereocenters. The van der Waals surface area contributed by atoms with Gasteiger partial charge in [-0.2, -0.15) is 0 Å². The molecule has 1 amide bonds. The first-order valence-corrected chi connectivity index (χ1v) is 8.06. The third kappa shape index (κ3) is 2.76. The maximum absolute atomic E-state index is 12.8. The number of carbonyl (C=O) groups is 1. The molecule has 2 heterocycles. The Hall–Kier alpha value is -1.58. The maximum Gasteiger partial charge on any atom is 0.259 e. The normalized spacial score (nSPS) is 29.0. The minimum absolute atomic E-state index is 0.0829. The average molecular weight is 288 g/mol. The van der Waals surface area contributed by atoms with E-state index in [9.17, 15) is 9.59 Å². The van der Waals surface area contributed by atoms with Gasteiger partial charge in [0.05, 0.1) is 0 Å². The Bertz CT molecular complexity index is 593. The molecule has 1 aromatic heterocycles. The highest BCUT2D eigenvalue weighted by molar-refractivity contribution is 5.94. The number of nitrogens with one attached hydrogen (secondary N) is 1. The number of piperidine rings is 1. The van der Waals surface area contributed by atoms with Gasteiger partial charge in [0.2, 0.25) is 0 Å². The molecular weight excluding hydrogens is 264 g/mol. The van der Waals surface area contributed by atoms with Crippen LogP contribution >= 0.6 is 0 Å². The largest absolute Gasteiger partial charge is 0.364 e. The molecule has 2 aliphatic rings. The van der Waals surface area contributed by atoms with Crippen LogP contribution in [0.5, 0.6) is 0 Å². The Labute approximate surface area is 125 Å². The van der Waals surface area contributed by atoms with Crippen LogP contribution in [0.2, 0.25) is 0 Å². The molecule has 0 radical (unpaired) electrons. The average Bonchev–Trinajstić information content (AvgIpc) is 2.45. The van der Waals surface area contributed by atoms with Crippen LogP contribution < -0.4 is 5.43 Å². The van der Waals surface area contributed by atoms with E-state index in [2.05, 4.69) is 11.9 Å². The van der Waals surface area contributed by atoms with E-state index in [1.807, 2.05) is 11.8 Å². The molecule has 3 atom stereocenters. The van der Waals surface area contributed by atoms with E-state index >= 15 is 0 Å². The highest BCUT2D eigenvalue weighted by Gasteiger charge is 2.38. The van der Waals surface area contributed by atoms with Crippen molar-refractivity contribution in [2.45, 2.75) is 52.0 Å². The molecule has 1 saturated heterocycles. The molecule has 0 spiro atoms. The number of nitrogens with zero attached hydrogens (tertiary/aromatic N) is 1. The highest BCUT2D eigenvalue weighted by Crippen LogP contribution is 2.38. The van der Waals surface area contributed by atoms with Gasteiger partial charge in [-0.25, -0.2) is 0 Å². The maximum atomic E-state index is 12.8. The van der Waals surface area contributed by atoms with Gasteiger partial charge in [-0.3, -0.25) is 9.59 Å². The number of pyridine rings is 1. The molecule has 2 fully saturated rings. The van der Waals surface area contributed by atoms with Gasteiger partial charge in [0, 0.05) is 30.5 Å². The van der Waals surface area contributed by atoms with Crippen molar-refractivity contribution in [3.63, 3.8) is 0 Å². The van der Waals surface area contributed by atoms with Gasteiger partial charge in [-0.15, -0.1) is 0 Å². The second kappa shape index (κ2) is 5.66. The van der Waals surface area contributed by atoms with Gasteiger partial charge in [-0.05, 0) is 50.9 Å². The van der Waals surface area contributed by atoms with E-state index in [4.69, 9.17) is 0 Å². The molecule has 1 aliphatic carbocycles. The Morgan fingerprint density at radius 1 is 1.33 bits per heavy atom. The van der Waals surface area contributed by atoms with Crippen LogP contribution in [-0.4, -0.2) is 28.4 Å². The van der Waals surface area contributed by atoms with Gasteiger partial charge in [0.1, 0.15) is 5.56 Å². The van der Waals surface area contributed by atoms with Crippen molar-refractivity contribution in [3.8, 4) is 0 Å². The number of aromatic amines is 1. The van der Waals surface area contributed by atoms with E-state index < -0.39 is 0 Å². The predicted octanol–water partition coefficient (Wildman–Crippen LogP) is 2.72. The van der Waals surface area contributed by atoms with Crippen LogP contribution in [-0.2, 0) is 0 Å². The second-order valence-electron chi connectivity index (χ2n) is 6.78. The second-order valence-corrected chi connectivity index (χ2v) is 6.78. The summed E-state index contributed by atoms with van der Waals surface area (Å²) in [5, 5.41) is 0. The summed E-state index contributed by atoms with van der Waals surface area (Å²) in [7, 11) is 0. The fourth-order valence-corrected chi connectivity index (χ4v) is 4.04. The molecule has 1 aliphatic heterocycles. The summed E-state index contributed by atoms with van der Waals surface area (Å²) in [5.74, 6) is 1.31. The van der Waals surface area contributed by atoms with E-state index in [1.54, 1.807) is 6.20 Å². The first-order chi connectivity index (χ1) is 10.1. The third-order valence-corrected chi connectivity index (χ3v) is 5.13. The SMILES string of the molecule is Cc1cc(=O)c(C(=O)N2CCC[C@@H]3C[C@@H](C)CC[C@@H]32)c[nH]1. The Kier molecular flexibility index (Phi) is 3.87. The highest BCUT2D eigenvalue weighted by atomic mass is 16.2. The van der Waals surface area contributed by atoms with Crippen LogP contribution in [0.4, 0.5) is 0 Å². The summed E-state index contributed by atoms with van der Waals surface area (Å²) < 4.78 is 0. The smallest absolute Gasteiger partial charge is 0.259 e. The topological polar surface area (TPSA) is 53.2 Å². The summed E-state index contributed by atoms with van der Waals surface area (Å²) in [4.78, 5) is 29.8. The number of fused-ring (bicyclic) bond motifs is 1. The van der Waals surface area contributed by atoms with E-state index in [0.717, 1.165) is 31.0 Å². The quantitative estimate of drug-likeness (QED) is 0.864. The standard InChI is InChI=1S/C17H24N2O2/c1-11-5-6-15-13(8-11)4-3-7-19(15)17(21)14-10-18-12(2)9-16(14)20/h9-11,13,15H,3-8H2,1-2H3,(H,18,20)/t11-,13+,15-/m0/s1. The lowest BCUT2D eigenvalue weighted by atomic mass is 9.74. The monoisotopic (exact) mass is 288 g/mol. The number of rotatable bonds is 1. The number of aromatic nitrogens is 1. The lowest BCUT2D eigenvalue weighted by molar-refractivity contribution is 0.0320. The van der Waals surface area contributed by atoms with Crippen LogP contribution in [0.1, 0.15) is 55.1 Å². The third-order valence-electron chi connectivity index (χ3n) is 5.13. The fourth-order valence-electron chi connectivity index (χ4n) is 4.04. The van der Waals surface area contributed by atoms with Crippen molar-refractivity contribution < 1.29 is 4.79 Å². The van der Waals surface area contributed by atoms with Crippen molar-refractivity contribution >= 4 is 5.91 Å². The lowest BCUT2D eigenvalue weighted by Gasteiger charge is -2.45. The molecule has 3 rings (SSSR count). The number of hydrogen-bond acceptors (Lipinski definition) is 2. The van der Waals surface area contributed by atoms with Gasteiger partial charge < -0.3 is 9.88 Å². The van der Waals surface area contributed by atoms with Crippen molar-refractivity contribution in [1.82, 2.24) is 9.88 Å². The zero-order valence-corrected chi connectivity index (χ0v) is 12.9. The minimum atomic E-state index is -0.164.